The molecule has 1 heterocycles. The average molecular weight is 286 g/mol. The molecule has 0 amide bonds. The van der Waals surface area contributed by atoms with E-state index in [1.807, 2.05) is 6.07 Å². The molecule has 1 aliphatic heterocycles. The molecule has 0 bridgehead atoms. The second kappa shape index (κ2) is 5.06. The topological polar surface area (TPSA) is 52.5 Å². The van der Waals surface area contributed by atoms with E-state index in [4.69, 9.17) is 0 Å². The van der Waals surface area contributed by atoms with Crippen molar-refractivity contribution >= 4 is 15.9 Å². The van der Waals surface area contributed by atoms with Crippen molar-refractivity contribution < 1.29 is 10.2 Å². The van der Waals surface area contributed by atoms with Crippen molar-refractivity contribution in [2.45, 2.75) is 31.7 Å². The van der Waals surface area contributed by atoms with E-state index >= 15 is 0 Å². The number of benzene rings is 1. The molecule has 1 atom stereocenters. The minimum atomic E-state index is -0.0618. The number of phenolic OH excluding ortho intramolecular Hbond substituents is 2. The highest BCUT2D eigenvalue weighted by Crippen LogP contribution is 2.36. The smallest absolute Gasteiger partial charge is 0.172 e. The number of phenols is 2. The van der Waals surface area contributed by atoms with E-state index in [0.29, 0.717) is 10.5 Å². The van der Waals surface area contributed by atoms with Crippen LogP contribution in [0.1, 0.15) is 24.8 Å². The normalized spacial score (nSPS) is 20.9. The lowest BCUT2D eigenvalue weighted by Gasteiger charge is -2.23. The van der Waals surface area contributed by atoms with E-state index < -0.39 is 0 Å². The molecule has 1 fully saturated rings. The van der Waals surface area contributed by atoms with Gasteiger partial charge in [-0.1, -0.05) is 12.5 Å². The molecule has 4 heteroatoms. The van der Waals surface area contributed by atoms with Crippen LogP contribution in [0.3, 0.4) is 0 Å². The fraction of sp³-hybridized carbons (Fsp3) is 0.500. The number of hydrogen-bond acceptors (Lipinski definition) is 3. The molecule has 3 N–H and O–H groups in total. The zero-order valence-electron chi connectivity index (χ0n) is 9.04. The Balaban J connectivity index is 2.11. The molecule has 1 aromatic carbocycles. The molecule has 0 saturated carbocycles. The zero-order valence-corrected chi connectivity index (χ0v) is 10.6. The number of nitrogens with one attached hydrogen (secondary N) is 1. The van der Waals surface area contributed by atoms with Gasteiger partial charge in [-0.3, -0.25) is 0 Å². The van der Waals surface area contributed by atoms with Gasteiger partial charge in [0.2, 0.25) is 0 Å². The summed E-state index contributed by atoms with van der Waals surface area (Å²) in [7, 11) is 0. The Bertz CT molecular complexity index is 376. The summed E-state index contributed by atoms with van der Waals surface area (Å²) in [6.45, 7) is 1.05. The number of piperidine rings is 1. The third-order valence-electron chi connectivity index (χ3n) is 3.06. The van der Waals surface area contributed by atoms with Crippen molar-refractivity contribution in [1.29, 1.82) is 0 Å². The summed E-state index contributed by atoms with van der Waals surface area (Å²) >= 11 is 3.18. The quantitative estimate of drug-likeness (QED) is 0.732. The highest BCUT2D eigenvalue weighted by Gasteiger charge is 2.17. The molecule has 0 aromatic heterocycles. The SMILES string of the molecule is Oc1c(Br)ccc(CC2CCCCN2)c1O. The fourth-order valence-corrected chi connectivity index (χ4v) is 2.45. The summed E-state index contributed by atoms with van der Waals surface area (Å²) in [5.74, 6) is -0.0601. The van der Waals surface area contributed by atoms with Gasteiger partial charge < -0.3 is 15.5 Å². The van der Waals surface area contributed by atoms with Crippen LogP contribution in [0.2, 0.25) is 0 Å². The first-order valence-corrected chi connectivity index (χ1v) is 6.40. The van der Waals surface area contributed by atoms with Crippen molar-refractivity contribution in [2.24, 2.45) is 0 Å². The molecule has 2 rings (SSSR count). The predicted octanol–water partition coefficient (Wildman–Crippen LogP) is 2.54. The highest BCUT2D eigenvalue weighted by atomic mass is 79.9. The maximum Gasteiger partial charge on any atom is 0.172 e. The maximum atomic E-state index is 9.80. The van der Waals surface area contributed by atoms with Gasteiger partial charge in [0.1, 0.15) is 0 Å². The summed E-state index contributed by atoms with van der Waals surface area (Å²) in [4.78, 5) is 0. The van der Waals surface area contributed by atoms with Gasteiger partial charge in [0.25, 0.3) is 0 Å². The van der Waals surface area contributed by atoms with Gasteiger partial charge in [0, 0.05) is 6.04 Å². The van der Waals surface area contributed by atoms with Gasteiger partial charge in [0.05, 0.1) is 4.47 Å². The molecular formula is C12H16BrNO2. The van der Waals surface area contributed by atoms with Crippen LogP contribution in [0.4, 0.5) is 0 Å². The second-order valence-corrected chi connectivity index (χ2v) is 5.11. The van der Waals surface area contributed by atoms with Crippen molar-refractivity contribution in [1.82, 2.24) is 5.32 Å². The van der Waals surface area contributed by atoms with Gasteiger partial charge in [-0.2, -0.15) is 0 Å². The summed E-state index contributed by atoms with van der Waals surface area (Å²) < 4.78 is 0.533. The van der Waals surface area contributed by atoms with Gasteiger partial charge in [-0.25, -0.2) is 0 Å². The summed E-state index contributed by atoms with van der Waals surface area (Å²) in [5.41, 5.74) is 0.806. The van der Waals surface area contributed by atoms with Crippen LogP contribution in [0, 0.1) is 0 Å². The van der Waals surface area contributed by atoms with Crippen molar-refractivity contribution in [2.75, 3.05) is 6.54 Å². The Labute approximate surface area is 104 Å². The van der Waals surface area contributed by atoms with E-state index in [1.165, 1.54) is 12.8 Å². The van der Waals surface area contributed by atoms with E-state index in [-0.39, 0.29) is 11.5 Å². The van der Waals surface area contributed by atoms with E-state index in [1.54, 1.807) is 6.07 Å². The second-order valence-electron chi connectivity index (χ2n) is 4.25. The summed E-state index contributed by atoms with van der Waals surface area (Å²) in [6.07, 6.45) is 4.37. The van der Waals surface area contributed by atoms with Crippen molar-refractivity contribution in [3.8, 4) is 11.5 Å². The van der Waals surface area contributed by atoms with Crippen molar-refractivity contribution in [3.63, 3.8) is 0 Å². The molecule has 0 radical (unpaired) electrons. The molecule has 1 aliphatic rings. The predicted molar refractivity (Wildman–Crippen MR) is 66.8 cm³/mol. The lowest BCUT2D eigenvalue weighted by molar-refractivity contribution is 0.377. The Morgan fingerprint density at radius 2 is 2.06 bits per heavy atom. The Kier molecular flexibility index (Phi) is 3.71. The molecule has 3 nitrogen and oxygen atoms in total. The van der Waals surface area contributed by atoms with Gasteiger partial charge in [0.15, 0.2) is 11.5 Å². The molecule has 1 aromatic rings. The minimum absolute atomic E-state index is 0.00162. The molecule has 1 unspecified atom stereocenters. The highest BCUT2D eigenvalue weighted by molar-refractivity contribution is 9.10. The van der Waals surface area contributed by atoms with Crippen LogP contribution in [0.5, 0.6) is 11.5 Å². The minimum Gasteiger partial charge on any atom is -0.504 e. The monoisotopic (exact) mass is 285 g/mol. The van der Waals surface area contributed by atoms with Crippen LogP contribution in [-0.4, -0.2) is 22.8 Å². The van der Waals surface area contributed by atoms with Gasteiger partial charge >= 0.3 is 0 Å². The third kappa shape index (κ3) is 2.50. The number of halogens is 1. The molecule has 0 spiro atoms. The molecule has 1 saturated heterocycles. The Morgan fingerprint density at radius 1 is 1.25 bits per heavy atom. The van der Waals surface area contributed by atoms with E-state index in [9.17, 15) is 10.2 Å². The molecule has 16 heavy (non-hydrogen) atoms. The fourth-order valence-electron chi connectivity index (χ4n) is 2.13. The molecular weight excluding hydrogens is 270 g/mol. The van der Waals surface area contributed by atoms with Gasteiger partial charge in [-0.05, 0) is 53.4 Å². The number of aromatic hydroxyl groups is 2. The lowest BCUT2D eigenvalue weighted by Crippen LogP contribution is -2.35. The molecule has 88 valence electrons. The summed E-state index contributed by atoms with van der Waals surface area (Å²) in [6, 6.07) is 4.04. The van der Waals surface area contributed by atoms with Crippen molar-refractivity contribution in [3.05, 3.63) is 22.2 Å². The number of hydrogen-bond donors (Lipinski definition) is 3. The Hall–Kier alpha value is -0.740. The van der Waals surface area contributed by atoms with Crippen LogP contribution in [0.25, 0.3) is 0 Å². The van der Waals surface area contributed by atoms with Crippen LogP contribution in [0.15, 0.2) is 16.6 Å². The average Bonchev–Trinajstić information content (AvgIpc) is 2.31. The van der Waals surface area contributed by atoms with Crippen LogP contribution < -0.4 is 5.32 Å². The van der Waals surface area contributed by atoms with Crippen LogP contribution >= 0.6 is 15.9 Å². The van der Waals surface area contributed by atoms with E-state index in [0.717, 1.165) is 24.9 Å². The number of rotatable bonds is 2. The summed E-state index contributed by atoms with van der Waals surface area (Å²) in [5, 5.41) is 22.8. The van der Waals surface area contributed by atoms with Gasteiger partial charge in [-0.15, -0.1) is 0 Å². The first kappa shape index (κ1) is 11.7. The molecule has 0 aliphatic carbocycles. The zero-order chi connectivity index (χ0) is 11.5. The van der Waals surface area contributed by atoms with Crippen LogP contribution in [-0.2, 0) is 6.42 Å². The first-order valence-electron chi connectivity index (χ1n) is 5.61. The maximum absolute atomic E-state index is 9.80. The standard InChI is InChI=1S/C12H16BrNO2/c13-10-5-4-8(11(15)12(10)16)7-9-3-1-2-6-14-9/h4-5,9,14-16H,1-3,6-7H2. The Morgan fingerprint density at radius 3 is 2.75 bits per heavy atom. The lowest BCUT2D eigenvalue weighted by atomic mass is 9.97. The largest absolute Gasteiger partial charge is 0.504 e. The first-order chi connectivity index (χ1) is 7.68. The van der Waals surface area contributed by atoms with E-state index in [2.05, 4.69) is 21.2 Å². The third-order valence-corrected chi connectivity index (χ3v) is 3.70.